The minimum Gasteiger partial charge on any atom is -0.354 e. The largest absolute Gasteiger partial charge is 0.354 e. The van der Waals surface area contributed by atoms with Gasteiger partial charge in [0.25, 0.3) is 5.91 Å². The number of nitrogens with zero attached hydrogens (tertiary/aromatic N) is 3. The molecule has 0 bridgehead atoms. The Hall–Kier alpha value is -2.85. The smallest absolute Gasteiger partial charge is 0.274 e. The molecule has 3 aromatic rings. The molecule has 8 nitrogen and oxygen atoms in total. The number of anilines is 1. The second-order valence-corrected chi connectivity index (χ2v) is 7.91. The lowest BCUT2D eigenvalue weighted by Gasteiger charge is -2.03. The van der Waals surface area contributed by atoms with Gasteiger partial charge in [-0.1, -0.05) is 24.3 Å². The highest BCUT2D eigenvalue weighted by molar-refractivity contribution is 7.71. The number of nitrogens with one attached hydrogen (secondary N) is 3. The van der Waals surface area contributed by atoms with Crippen molar-refractivity contribution in [3.63, 3.8) is 0 Å². The molecule has 3 N–H and O–H groups in total. The van der Waals surface area contributed by atoms with E-state index in [2.05, 4.69) is 32.1 Å². The maximum absolute atomic E-state index is 12.9. The van der Waals surface area contributed by atoms with Crippen LogP contribution in [-0.2, 0) is 13.0 Å². The lowest BCUT2D eigenvalue weighted by atomic mass is 10.0. The molecule has 3 heterocycles. The Labute approximate surface area is 177 Å². The van der Waals surface area contributed by atoms with Gasteiger partial charge >= 0.3 is 0 Å². The van der Waals surface area contributed by atoms with Crippen LogP contribution >= 0.6 is 23.6 Å². The van der Waals surface area contributed by atoms with Crippen LogP contribution in [0.25, 0.3) is 10.7 Å². The summed E-state index contributed by atoms with van der Waals surface area (Å²) in [6.07, 6.45) is 2.31. The highest BCUT2D eigenvalue weighted by Crippen LogP contribution is 2.32. The Morgan fingerprint density at radius 3 is 2.72 bits per heavy atom. The van der Waals surface area contributed by atoms with Crippen LogP contribution in [-0.4, -0.2) is 36.4 Å². The van der Waals surface area contributed by atoms with E-state index in [1.807, 2.05) is 18.4 Å². The van der Waals surface area contributed by atoms with Gasteiger partial charge in [-0.2, -0.15) is 5.10 Å². The fourth-order valence-corrected chi connectivity index (χ4v) is 4.47. The number of aromatic amines is 2. The first-order valence-electron chi connectivity index (χ1n) is 9.06. The summed E-state index contributed by atoms with van der Waals surface area (Å²) in [5.41, 5.74) is 3.10. The molecular formula is C19H22N6O2S2. The van der Waals surface area contributed by atoms with Gasteiger partial charge < -0.3 is 4.98 Å². The number of hydrogen-bond donors (Lipinski definition) is 3. The summed E-state index contributed by atoms with van der Waals surface area (Å²) < 4.78 is 2.31. The van der Waals surface area contributed by atoms with Gasteiger partial charge in [0.1, 0.15) is 5.69 Å². The van der Waals surface area contributed by atoms with Gasteiger partial charge in [-0.3, -0.25) is 24.6 Å². The van der Waals surface area contributed by atoms with Crippen molar-refractivity contribution in [3.8, 4) is 10.7 Å². The molecule has 0 aromatic carbocycles. The molecule has 0 aliphatic carbocycles. The van der Waals surface area contributed by atoms with Crippen LogP contribution in [0.1, 0.15) is 51.6 Å². The standard InChI is InChI=1S/C19H22N6O2S2/c1-6-8-25-16(23-24-19(25)28)15-10(4)21-18(29-15)22-17(27)14-12(7-2)13(11(5)26)9(3)20-14/h6,20H,1,7-8H2,2-5H3,(H,24,28)(H,21,22,27). The molecule has 0 fully saturated rings. The highest BCUT2D eigenvalue weighted by atomic mass is 32.1. The van der Waals surface area contributed by atoms with E-state index in [9.17, 15) is 9.59 Å². The third kappa shape index (κ3) is 3.85. The predicted molar refractivity (Wildman–Crippen MR) is 116 cm³/mol. The van der Waals surface area contributed by atoms with E-state index < -0.39 is 0 Å². The van der Waals surface area contributed by atoms with E-state index >= 15 is 0 Å². The molecule has 0 aliphatic heterocycles. The topological polar surface area (TPSA) is 108 Å². The highest BCUT2D eigenvalue weighted by Gasteiger charge is 2.23. The van der Waals surface area contributed by atoms with Crippen molar-refractivity contribution in [2.24, 2.45) is 0 Å². The lowest BCUT2D eigenvalue weighted by molar-refractivity contribution is 0.101. The number of carbonyl (C=O) groups is 2. The number of thiazole rings is 1. The average Bonchev–Trinajstić information content (AvgIpc) is 3.31. The zero-order chi connectivity index (χ0) is 21.3. The summed E-state index contributed by atoms with van der Waals surface area (Å²) in [7, 11) is 0. The van der Waals surface area contributed by atoms with Crippen molar-refractivity contribution < 1.29 is 9.59 Å². The van der Waals surface area contributed by atoms with Crippen LogP contribution in [0.5, 0.6) is 0 Å². The van der Waals surface area contributed by atoms with E-state index in [4.69, 9.17) is 12.2 Å². The summed E-state index contributed by atoms with van der Waals surface area (Å²) in [6, 6.07) is 0. The number of hydrogen-bond acceptors (Lipinski definition) is 6. The predicted octanol–water partition coefficient (Wildman–Crippen LogP) is 4.21. The molecule has 3 rings (SSSR count). The van der Waals surface area contributed by atoms with Gasteiger partial charge in [0.15, 0.2) is 21.5 Å². The number of rotatable bonds is 7. The van der Waals surface area contributed by atoms with Crippen molar-refractivity contribution in [2.75, 3.05) is 5.32 Å². The van der Waals surface area contributed by atoms with Gasteiger partial charge in [0.05, 0.1) is 10.6 Å². The molecule has 152 valence electrons. The van der Waals surface area contributed by atoms with Gasteiger partial charge in [-0.05, 0) is 45.0 Å². The molecule has 0 atom stereocenters. The number of aromatic nitrogens is 5. The quantitative estimate of drug-likeness (QED) is 0.296. The number of ketones is 1. The summed E-state index contributed by atoms with van der Waals surface area (Å²) in [6.45, 7) is 11.3. The Morgan fingerprint density at radius 1 is 1.38 bits per heavy atom. The van der Waals surface area contributed by atoms with Crippen molar-refractivity contribution in [2.45, 2.75) is 40.7 Å². The number of amides is 1. The number of allylic oxidation sites excluding steroid dienone is 1. The van der Waals surface area contributed by atoms with Crippen molar-refractivity contribution in [1.82, 2.24) is 24.7 Å². The maximum Gasteiger partial charge on any atom is 0.274 e. The Morgan fingerprint density at radius 2 is 2.10 bits per heavy atom. The third-order valence-electron chi connectivity index (χ3n) is 4.51. The number of H-pyrrole nitrogens is 2. The molecule has 0 saturated heterocycles. The molecule has 0 aliphatic rings. The van der Waals surface area contributed by atoms with Crippen LogP contribution in [0.15, 0.2) is 12.7 Å². The molecule has 0 saturated carbocycles. The lowest BCUT2D eigenvalue weighted by Crippen LogP contribution is -2.14. The Balaban J connectivity index is 1.94. The van der Waals surface area contributed by atoms with Crippen molar-refractivity contribution in [1.29, 1.82) is 0 Å². The van der Waals surface area contributed by atoms with E-state index in [1.165, 1.54) is 18.3 Å². The molecule has 3 aromatic heterocycles. The minimum absolute atomic E-state index is 0.0629. The van der Waals surface area contributed by atoms with E-state index in [1.54, 1.807) is 13.0 Å². The monoisotopic (exact) mass is 430 g/mol. The van der Waals surface area contributed by atoms with Gasteiger partial charge in [0, 0.05) is 17.8 Å². The van der Waals surface area contributed by atoms with Crippen molar-refractivity contribution in [3.05, 3.63) is 45.6 Å². The van der Waals surface area contributed by atoms with Crippen molar-refractivity contribution >= 4 is 40.4 Å². The van der Waals surface area contributed by atoms with Crippen LogP contribution in [0, 0.1) is 18.6 Å². The zero-order valence-electron chi connectivity index (χ0n) is 16.7. The summed E-state index contributed by atoms with van der Waals surface area (Å²) in [5.74, 6) is 0.254. The van der Waals surface area contributed by atoms with Crippen LogP contribution < -0.4 is 5.32 Å². The fourth-order valence-electron chi connectivity index (χ4n) is 3.31. The summed E-state index contributed by atoms with van der Waals surface area (Å²) >= 11 is 6.58. The average molecular weight is 431 g/mol. The van der Waals surface area contributed by atoms with Gasteiger partial charge in [-0.25, -0.2) is 4.98 Å². The summed E-state index contributed by atoms with van der Waals surface area (Å²) in [5, 5.41) is 10.3. The first-order chi connectivity index (χ1) is 13.8. The van der Waals surface area contributed by atoms with E-state index in [0.29, 0.717) is 51.2 Å². The number of Topliss-reactive ketones (excluding diaryl/α,β-unsaturated/α-hetero) is 1. The van der Waals surface area contributed by atoms with Crippen LogP contribution in [0.3, 0.4) is 0 Å². The molecule has 0 spiro atoms. The van der Waals surface area contributed by atoms with Gasteiger partial charge in [0.2, 0.25) is 0 Å². The van der Waals surface area contributed by atoms with Gasteiger partial charge in [-0.15, -0.1) is 6.58 Å². The first-order valence-corrected chi connectivity index (χ1v) is 10.3. The number of aryl methyl sites for hydroxylation is 2. The van der Waals surface area contributed by atoms with Crippen LogP contribution in [0.4, 0.5) is 5.13 Å². The first kappa shape index (κ1) is 20.9. The molecule has 0 radical (unpaired) electrons. The second kappa shape index (κ2) is 8.26. The molecule has 1 amide bonds. The zero-order valence-corrected chi connectivity index (χ0v) is 18.3. The minimum atomic E-state index is -0.331. The van der Waals surface area contributed by atoms with E-state index in [-0.39, 0.29) is 11.7 Å². The fraction of sp³-hybridized carbons (Fsp3) is 0.316. The van der Waals surface area contributed by atoms with Crippen LogP contribution in [0.2, 0.25) is 0 Å². The molecule has 29 heavy (non-hydrogen) atoms. The molecular weight excluding hydrogens is 408 g/mol. The SMILES string of the molecule is C=CCn1c(-c2sc(NC(=O)c3[nH]c(C)c(C(C)=O)c3CC)nc2C)n[nH]c1=S. The second-order valence-electron chi connectivity index (χ2n) is 6.53. The molecule has 0 unspecified atom stereocenters. The Bertz CT molecular complexity index is 1160. The Kier molecular flexibility index (Phi) is 5.94. The van der Waals surface area contributed by atoms with E-state index in [0.717, 1.165) is 10.6 Å². The maximum atomic E-state index is 12.9. The molecule has 10 heteroatoms. The summed E-state index contributed by atoms with van der Waals surface area (Å²) in [4.78, 5) is 33.1. The number of carbonyl (C=O) groups excluding carboxylic acids is 2. The normalized spacial score (nSPS) is 10.9. The third-order valence-corrected chi connectivity index (χ3v) is 5.89.